The van der Waals surface area contributed by atoms with Crippen molar-refractivity contribution in [3.8, 4) is 0 Å². The lowest BCUT2D eigenvalue weighted by Crippen LogP contribution is -2.21. The molecule has 2 heterocycles. The van der Waals surface area contributed by atoms with Gasteiger partial charge in [0.15, 0.2) is 0 Å². The second kappa shape index (κ2) is 5.17. The molecule has 1 fully saturated rings. The Labute approximate surface area is 104 Å². The van der Waals surface area contributed by atoms with Gasteiger partial charge < -0.3 is 4.90 Å². The van der Waals surface area contributed by atoms with Crippen LogP contribution in [0.5, 0.6) is 0 Å². The lowest BCUT2D eigenvalue weighted by Gasteiger charge is -2.14. The normalized spacial score (nSPS) is 17.8. The van der Waals surface area contributed by atoms with Gasteiger partial charge in [-0.25, -0.2) is 0 Å². The molecule has 1 aromatic rings. The maximum Gasteiger partial charge on any atom is 0.0880 e. The Kier molecular flexibility index (Phi) is 3.82. The molecule has 1 aliphatic rings. The van der Waals surface area contributed by atoms with Gasteiger partial charge in [-0.2, -0.15) is 0 Å². The molecule has 0 aliphatic carbocycles. The highest BCUT2D eigenvalue weighted by Crippen LogP contribution is 2.18. The Morgan fingerprint density at radius 2 is 1.88 bits per heavy atom. The molecule has 0 radical (unpaired) electrons. The van der Waals surface area contributed by atoms with Gasteiger partial charge in [0.05, 0.1) is 5.69 Å². The van der Waals surface area contributed by atoms with Crippen molar-refractivity contribution in [1.82, 2.24) is 19.9 Å². The van der Waals surface area contributed by atoms with Crippen LogP contribution in [0.4, 0.5) is 0 Å². The van der Waals surface area contributed by atoms with Crippen molar-refractivity contribution in [3.05, 3.63) is 11.9 Å². The summed E-state index contributed by atoms with van der Waals surface area (Å²) in [7, 11) is 0. The summed E-state index contributed by atoms with van der Waals surface area (Å²) in [4.78, 5) is 2.54. The van der Waals surface area contributed by atoms with E-state index in [0.29, 0.717) is 0 Å². The Morgan fingerprint density at radius 1 is 1.18 bits per heavy atom. The third kappa shape index (κ3) is 3.53. The molecular formula is C13H24N4. The Hall–Kier alpha value is -0.900. The number of likely N-dealkylation sites (tertiary alicyclic amines) is 1. The van der Waals surface area contributed by atoms with Crippen molar-refractivity contribution in [3.63, 3.8) is 0 Å². The smallest absolute Gasteiger partial charge is 0.0880 e. The lowest BCUT2D eigenvalue weighted by atomic mass is 9.93. The molecule has 0 atom stereocenters. The van der Waals surface area contributed by atoms with E-state index < -0.39 is 0 Å². The monoisotopic (exact) mass is 236 g/mol. The second-order valence-electron chi connectivity index (χ2n) is 6.02. The highest BCUT2D eigenvalue weighted by molar-refractivity contribution is 5.06. The number of rotatable bonds is 4. The lowest BCUT2D eigenvalue weighted by molar-refractivity contribution is 0.321. The average molecular weight is 236 g/mol. The molecule has 0 amide bonds. The van der Waals surface area contributed by atoms with Gasteiger partial charge in [0.1, 0.15) is 0 Å². The molecule has 0 aromatic carbocycles. The maximum absolute atomic E-state index is 4.24. The fourth-order valence-electron chi connectivity index (χ4n) is 2.21. The summed E-state index contributed by atoms with van der Waals surface area (Å²) in [6, 6.07) is 0. The molecule has 96 valence electrons. The van der Waals surface area contributed by atoms with Gasteiger partial charge in [0.25, 0.3) is 0 Å². The maximum atomic E-state index is 4.24. The van der Waals surface area contributed by atoms with Crippen LogP contribution in [-0.4, -0.2) is 39.5 Å². The van der Waals surface area contributed by atoms with Crippen molar-refractivity contribution in [1.29, 1.82) is 0 Å². The summed E-state index contributed by atoms with van der Waals surface area (Å²) in [6.45, 7) is 11.3. The zero-order chi connectivity index (χ0) is 12.3. The van der Waals surface area contributed by atoms with Gasteiger partial charge in [0.2, 0.25) is 0 Å². The first-order valence-corrected chi connectivity index (χ1v) is 6.69. The Morgan fingerprint density at radius 3 is 2.47 bits per heavy atom. The summed E-state index contributed by atoms with van der Waals surface area (Å²) < 4.78 is 1.98. The van der Waals surface area contributed by atoms with Gasteiger partial charge in [-0.15, -0.1) is 5.10 Å². The van der Waals surface area contributed by atoms with E-state index in [1.54, 1.807) is 0 Å². The van der Waals surface area contributed by atoms with E-state index in [9.17, 15) is 0 Å². The average Bonchev–Trinajstić information content (AvgIpc) is 2.86. The van der Waals surface area contributed by atoms with Crippen LogP contribution in [0, 0.1) is 0 Å². The number of aromatic nitrogens is 3. The number of aryl methyl sites for hydroxylation is 1. The van der Waals surface area contributed by atoms with E-state index in [0.717, 1.165) is 12.2 Å². The molecule has 2 rings (SSSR count). The summed E-state index contributed by atoms with van der Waals surface area (Å²) in [5.41, 5.74) is 1.19. The molecule has 0 spiro atoms. The van der Waals surface area contributed by atoms with E-state index in [1.807, 2.05) is 4.68 Å². The fourth-order valence-corrected chi connectivity index (χ4v) is 2.21. The highest BCUT2D eigenvalue weighted by Gasteiger charge is 2.17. The topological polar surface area (TPSA) is 34.0 Å². The molecule has 0 saturated carbocycles. The second-order valence-corrected chi connectivity index (χ2v) is 6.02. The predicted octanol–water partition coefficient (Wildman–Crippen LogP) is 2.06. The molecule has 0 unspecified atom stereocenters. The van der Waals surface area contributed by atoms with E-state index >= 15 is 0 Å². The third-order valence-electron chi connectivity index (χ3n) is 3.37. The number of hydrogen-bond donors (Lipinski definition) is 0. The van der Waals surface area contributed by atoms with Gasteiger partial charge in [-0.1, -0.05) is 26.0 Å². The van der Waals surface area contributed by atoms with Gasteiger partial charge >= 0.3 is 0 Å². The summed E-state index contributed by atoms with van der Waals surface area (Å²) in [6.07, 6.45) is 6.01. The fraction of sp³-hybridized carbons (Fsp3) is 0.846. The minimum Gasteiger partial charge on any atom is -0.303 e. The zero-order valence-electron chi connectivity index (χ0n) is 11.3. The predicted molar refractivity (Wildman–Crippen MR) is 69.0 cm³/mol. The zero-order valence-corrected chi connectivity index (χ0v) is 11.3. The molecule has 4 nitrogen and oxygen atoms in total. The van der Waals surface area contributed by atoms with Crippen LogP contribution in [0.1, 0.15) is 45.7 Å². The van der Waals surface area contributed by atoms with Crippen LogP contribution in [0.3, 0.4) is 0 Å². The Bertz CT molecular complexity index is 345. The van der Waals surface area contributed by atoms with Crippen LogP contribution in [0.15, 0.2) is 6.20 Å². The van der Waals surface area contributed by atoms with E-state index in [-0.39, 0.29) is 5.41 Å². The SMILES string of the molecule is CC(C)(C)c1cn(CCCN2CCCC2)nn1. The first-order chi connectivity index (χ1) is 8.05. The van der Waals surface area contributed by atoms with E-state index in [4.69, 9.17) is 0 Å². The molecule has 1 aliphatic heterocycles. The molecule has 0 N–H and O–H groups in total. The number of hydrogen-bond acceptors (Lipinski definition) is 3. The number of nitrogens with zero attached hydrogens (tertiary/aromatic N) is 4. The van der Waals surface area contributed by atoms with Gasteiger partial charge in [-0.05, 0) is 38.9 Å². The van der Waals surface area contributed by atoms with E-state index in [2.05, 4.69) is 42.2 Å². The Balaban J connectivity index is 1.77. The third-order valence-corrected chi connectivity index (χ3v) is 3.37. The van der Waals surface area contributed by atoms with Crippen molar-refractivity contribution >= 4 is 0 Å². The van der Waals surface area contributed by atoms with Crippen molar-refractivity contribution in [2.75, 3.05) is 19.6 Å². The largest absolute Gasteiger partial charge is 0.303 e. The van der Waals surface area contributed by atoms with Crippen LogP contribution < -0.4 is 0 Å². The summed E-state index contributed by atoms with van der Waals surface area (Å²) in [5.74, 6) is 0. The first-order valence-electron chi connectivity index (χ1n) is 6.69. The minimum absolute atomic E-state index is 0.104. The highest BCUT2D eigenvalue weighted by atomic mass is 15.4. The van der Waals surface area contributed by atoms with Gasteiger partial charge in [-0.3, -0.25) is 4.68 Å². The van der Waals surface area contributed by atoms with Crippen molar-refractivity contribution in [2.24, 2.45) is 0 Å². The summed E-state index contributed by atoms with van der Waals surface area (Å²) >= 11 is 0. The quantitative estimate of drug-likeness (QED) is 0.802. The van der Waals surface area contributed by atoms with Gasteiger partial charge in [0, 0.05) is 18.2 Å². The standard InChI is InChI=1S/C13H24N4/c1-13(2,3)12-11-17(15-14-12)10-6-9-16-7-4-5-8-16/h11H,4-10H2,1-3H3. The molecule has 4 heteroatoms. The summed E-state index contributed by atoms with van der Waals surface area (Å²) in [5, 5.41) is 8.43. The van der Waals surface area contributed by atoms with Crippen LogP contribution >= 0.6 is 0 Å². The molecular weight excluding hydrogens is 212 g/mol. The van der Waals surface area contributed by atoms with Crippen LogP contribution in [0.2, 0.25) is 0 Å². The molecule has 1 saturated heterocycles. The van der Waals surface area contributed by atoms with Crippen LogP contribution in [-0.2, 0) is 12.0 Å². The van der Waals surface area contributed by atoms with E-state index in [1.165, 1.54) is 38.9 Å². The van der Waals surface area contributed by atoms with Crippen molar-refractivity contribution in [2.45, 2.75) is 52.0 Å². The first kappa shape index (κ1) is 12.6. The van der Waals surface area contributed by atoms with Crippen molar-refractivity contribution < 1.29 is 0 Å². The molecule has 0 bridgehead atoms. The van der Waals surface area contributed by atoms with Crippen LogP contribution in [0.25, 0.3) is 0 Å². The minimum atomic E-state index is 0.104. The molecule has 17 heavy (non-hydrogen) atoms. The molecule has 1 aromatic heterocycles.